The van der Waals surface area contributed by atoms with E-state index < -0.39 is 0 Å². The highest BCUT2D eigenvalue weighted by Gasteiger charge is 2.30. The first-order chi connectivity index (χ1) is 9.22. The average Bonchev–Trinajstić information content (AvgIpc) is 2.77. The maximum absolute atomic E-state index is 9.37. The van der Waals surface area contributed by atoms with Crippen molar-refractivity contribution >= 4 is 16.6 Å². The molecule has 2 heterocycles. The van der Waals surface area contributed by atoms with Gasteiger partial charge in [0.05, 0.1) is 16.8 Å². The molecule has 0 saturated carbocycles. The molecule has 1 fully saturated rings. The highest BCUT2D eigenvalue weighted by molar-refractivity contribution is 5.94. The van der Waals surface area contributed by atoms with Crippen LogP contribution in [0.5, 0.6) is 0 Å². The molecule has 96 valence electrons. The van der Waals surface area contributed by atoms with Gasteiger partial charge in [-0.3, -0.25) is 4.98 Å². The summed E-state index contributed by atoms with van der Waals surface area (Å²) in [7, 11) is 0. The third-order valence-corrected chi connectivity index (χ3v) is 4.30. The number of anilines is 1. The Labute approximate surface area is 113 Å². The van der Waals surface area contributed by atoms with Gasteiger partial charge in [-0.1, -0.05) is 25.1 Å². The SMILES string of the molecule is CC1CCN(c2c(C#N)cnc3ccccc23)C1C. The Morgan fingerprint density at radius 1 is 1.32 bits per heavy atom. The Bertz CT molecular complexity index is 657. The molecule has 3 nitrogen and oxygen atoms in total. The number of benzene rings is 1. The van der Waals surface area contributed by atoms with Crippen molar-refractivity contribution < 1.29 is 0 Å². The molecule has 1 saturated heterocycles. The lowest BCUT2D eigenvalue weighted by atomic mass is 10.0. The lowest BCUT2D eigenvalue weighted by Gasteiger charge is -2.27. The van der Waals surface area contributed by atoms with Gasteiger partial charge in [-0.25, -0.2) is 0 Å². The minimum Gasteiger partial charge on any atom is -0.367 e. The maximum atomic E-state index is 9.37. The van der Waals surface area contributed by atoms with E-state index in [2.05, 4.69) is 35.9 Å². The van der Waals surface area contributed by atoms with Crippen LogP contribution in [0.3, 0.4) is 0 Å². The molecule has 0 aliphatic carbocycles. The predicted octanol–water partition coefficient (Wildman–Crippen LogP) is 3.34. The van der Waals surface area contributed by atoms with E-state index in [1.807, 2.05) is 18.2 Å². The summed E-state index contributed by atoms with van der Waals surface area (Å²) in [5, 5.41) is 10.5. The van der Waals surface area contributed by atoms with E-state index in [0.717, 1.165) is 23.1 Å². The normalized spacial score (nSPS) is 22.7. The monoisotopic (exact) mass is 251 g/mol. The van der Waals surface area contributed by atoms with E-state index in [9.17, 15) is 5.26 Å². The summed E-state index contributed by atoms with van der Waals surface area (Å²) in [5.74, 6) is 0.665. The van der Waals surface area contributed by atoms with E-state index in [1.165, 1.54) is 6.42 Å². The smallest absolute Gasteiger partial charge is 0.103 e. The zero-order chi connectivity index (χ0) is 13.4. The van der Waals surface area contributed by atoms with Gasteiger partial charge >= 0.3 is 0 Å². The van der Waals surface area contributed by atoms with E-state index in [4.69, 9.17) is 0 Å². The Balaban J connectivity index is 2.24. The van der Waals surface area contributed by atoms with E-state index in [1.54, 1.807) is 6.20 Å². The standard InChI is InChI=1S/C16H17N3/c1-11-7-8-19(12(11)2)16-13(9-17)10-18-15-6-4-3-5-14(15)16/h3-6,10-12H,7-8H2,1-2H3. The van der Waals surface area contributed by atoms with Crippen molar-refractivity contribution in [1.29, 1.82) is 5.26 Å². The van der Waals surface area contributed by atoms with Gasteiger partial charge in [-0.2, -0.15) is 5.26 Å². The molecule has 0 amide bonds. The first-order valence-corrected chi connectivity index (χ1v) is 6.77. The fourth-order valence-electron chi connectivity index (χ4n) is 2.93. The van der Waals surface area contributed by atoms with Gasteiger partial charge in [0.2, 0.25) is 0 Å². The number of nitrogens with zero attached hydrogens (tertiary/aromatic N) is 3. The van der Waals surface area contributed by atoms with Gasteiger partial charge in [0.25, 0.3) is 0 Å². The summed E-state index contributed by atoms with van der Waals surface area (Å²) in [6.07, 6.45) is 2.88. The molecule has 0 bridgehead atoms. The van der Waals surface area contributed by atoms with Crippen LogP contribution in [0.15, 0.2) is 30.5 Å². The quantitative estimate of drug-likeness (QED) is 0.780. The maximum Gasteiger partial charge on any atom is 0.103 e. The number of pyridine rings is 1. The Hall–Kier alpha value is -2.08. The predicted molar refractivity (Wildman–Crippen MR) is 77.0 cm³/mol. The van der Waals surface area contributed by atoms with Crippen LogP contribution < -0.4 is 4.90 Å². The molecule has 2 atom stereocenters. The van der Waals surface area contributed by atoms with Crippen LogP contribution in [0.1, 0.15) is 25.8 Å². The van der Waals surface area contributed by atoms with Crippen molar-refractivity contribution in [3.05, 3.63) is 36.0 Å². The third kappa shape index (κ3) is 1.84. The van der Waals surface area contributed by atoms with Crippen molar-refractivity contribution in [1.82, 2.24) is 4.98 Å². The van der Waals surface area contributed by atoms with E-state index >= 15 is 0 Å². The number of fused-ring (bicyclic) bond motifs is 1. The Morgan fingerprint density at radius 3 is 2.79 bits per heavy atom. The summed E-state index contributed by atoms with van der Waals surface area (Å²) in [5.41, 5.74) is 2.70. The van der Waals surface area contributed by atoms with Crippen molar-refractivity contribution in [2.45, 2.75) is 26.3 Å². The number of rotatable bonds is 1. The summed E-state index contributed by atoms with van der Waals surface area (Å²) in [4.78, 5) is 6.75. The zero-order valence-electron chi connectivity index (χ0n) is 11.3. The van der Waals surface area contributed by atoms with Gasteiger partial charge in [-0.05, 0) is 25.3 Å². The number of para-hydroxylation sites is 1. The lowest BCUT2D eigenvalue weighted by molar-refractivity contribution is 0.546. The molecule has 0 radical (unpaired) electrons. The van der Waals surface area contributed by atoms with Crippen LogP contribution >= 0.6 is 0 Å². The van der Waals surface area contributed by atoms with Gasteiger partial charge in [0.15, 0.2) is 0 Å². The summed E-state index contributed by atoms with van der Waals surface area (Å²) >= 11 is 0. The molecule has 2 unspecified atom stereocenters. The second-order valence-electron chi connectivity index (χ2n) is 5.35. The van der Waals surface area contributed by atoms with Crippen LogP contribution in [-0.2, 0) is 0 Å². The van der Waals surface area contributed by atoms with Crippen molar-refractivity contribution in [2.24, 2.45) is 5.92 Å². The number of hydrogen-bond donors (Lipinski definition) is 0. The van der Waals surface area contributed by atoms with Crippen molar-refractivity contribution in [3.63, 3.8) is 0 Å². The molecule has 1 aliphatic heterocycles. The molecule has 1 aliphatic rings. The average molecular weight is 251 g/mol. The molecule has 19 heavy (non-hydrogen) atoms. The van der Waals surface area contributed by atoms with E-state index in [-0.39, 0.29) is 0 Å². The molecule has 1 aromatic carbocycles. The highest BCUT2D eigenvalue weighted by Crippen LogP contribution is 2.36. The molecule has 1 aromatic heterocycles. The Kier molecular flexibility index (Phi) is 2.87. The van der Waals surface area contributed by atoms with Gasteiger partial charge < -0.3 is 4.90 Å². The second-order valence-corrected chi connectivity index (χ2v) is 5.35. The minimum absolute atomic E-state index is 0.470. The highest BCUT2D eigenvalue weighted by atomic mass is 15.2. The number of nitriles is 1. The lowest BCUT2D eigenvalue weighted by Crippen LogP contribution is -2.30. The topological polar surface area (TPSA) is 39.9 Å². The molecule has 3 rings (SSSR count). The summed E-state index contributed by atoms with van der Waals surface area (Å²) in [6, 6.07) is 10.8. The zero-order valence-corrected chi connectivity index (χ0v) is 11.3. The molecular weight excluding hydrogens is 234 g/mol. The number of aromatic nitrogens is 1. The van der Waals surface area contributed by atoms with Crippen molar-refractivity contribution in [3.8, 4) is 6.07 Å². The first kappa shape index (κ1) is 12.0. The van der Waals surface area contributed by atoms with Crippen LogP contribution in [0.25, 0.3) is 10.9 Å². The minimum atomic E-state index is 0.470. The second kappa shape index (κ2) is 4.55. The Morgan fingerprint density at radius 2 is 2.11 bits per heavy atom. The van der Waals surface area contributed by atoms with E-state index in [0.29, 0.717) is 17.5 Å². The number of hydrogen-bond acceptors (Lipinski definition) is 3. The van der Waals surface area contributed by atoms with Gasteiger partial charge in [0, 0.05) is 24.2 Å². The van der Waals surface area contributed by atoms with Crippen LogP contribution in [0.2, 0.25) is 0 Å². The summed E-state index contributed by atoms with van der Waals surface area (Å²) < 4.78 is 0. The van der Waals surface area contributed by atoms with Crippen LogP contribution in [0.4, 0.5) is 5.69 Å². The first-order valence-electron chi connectivity index (χ1n) is 6.77. The fourth-order valence-corrected chi connectivity index (χ4v) is 2.93. The molecular formula is C16H17N3. The molecule has 0 spiro atoms. The van der Waals surface area contributed by atoms with Gasteiger partial charge in [0.1, 0.15) is 6.07 Å². The third-order valence-electron chi connectivity index (χ3n) is 4.30. The molecule has 3 heteroatoms. The fraction of sp³-hybridized carbons (Fsp3) is 0.375. The van der Waals surface area contributed by atoms with Crippen LogP contribution in [-0.4, -0.2) is 17.6 Å². The molecule has 0 N–H and O–H groups in total. The molecule has 2 aromatic rings. The summed E-state index contributed by atoms with van der Waals surface area (Å²) in [6.45, 7) is 5.54. The largest absolute Gasteiger partial charge is 0.367 e. The van der Waals surface area contributed by atoms with Gasteiger partial charge in [-0.15, -0.1) is 0 Å². The van der Waals surface area contributed by atoms with Crippen molar-refractivity contribution in [2.75, 3.05) is 11.4 Å². The van der Waals surface area contributed by atoms with Crippen LogP contribution in [0, 0.1) is 17.2 Å².